The van der Waals surface area contributed by atoms with E-state index in [0.717, 1.165) is 25.7 Å². The van der Waals surface area contributed by atoms with Gasteiger partial charge >= 0.3 is 6.16 Å². The van der Waals surface area contributed by atoms with Crippen LogP contribution in [0, 0.1) is 0 Å². The highest BCUT2D eigenvalue weighted by molar-refractivity contribution is 5.57. The Kier molecular flexibility index (Phi) is 16.1. The lowest BCUT2D eigenvalue weighted by Crippen LogP contribution is -2.16. The Hall–Kier alpha value is -0.730. The van der Waals surface area contributed by atoms with Crippen molar-refractivity contribution in [2.75, 3.05) is 0 Å². The van der Waals surface area contributed by atoms with E-state index < -0.39 is 6.16 Å². The van der Waals surface area contributed by atoms with Crippen molar-refractivity contribution in [3.63, 3.8) is 0 Å². The second-order valence-electron chi connectivity index (χ2n) is 6.47. The highest BCUT2D eigenvalue weighted by Gasteiger charge is 2.12. The van der Waals surface area contributed by atoms with Crippen LogP contribution in [0.25, 0.3) is 0 Å². The molecule has 0 saturated heterocycles. The van der Waals surface area contributed by atoms with Gasteiger partial charge in [-0.25, -0.2) is 4.79 Å². The molecule has 0 spiro atoms. The number of rotatable bonds is 16. The molecule has 0 aromatic heterocycles. The van der Waals surface area contributed by atoms with Crippen LogP contribution in [-0.4, -0.2) is 17.4 Å². The molecule has 0 aromatic rings. The second-order valence-corrected chi connectivity index (χ2v) is 6.47. The molecule has 0 rings (SSSR count). The SMILES string of the molecule is CCCCCCCCCCC(CCCCCCC)OC(=O)O. The predicted octanol–water partition coefficient (Wildman–Crippen LogP) is 6.94. The summed E-state index contributed by atoms with van der Waals surface area (Å²) < 4.78 is 5.03. The van der Waals surface area contributed by atoms with Crippen molar-refractivity contribution in [2.24, 2.45) is 0 Å². The van der Waals surface area contributed by atoms with Crippen LogP contribution in [0.4, 0.5) is 4.79 Å². The summed E-state index contributed by atoms with van der Waals surface area (Å²) in [5.41, 5.74) is 0. The van der Waals surface area contributed by atoms with Crippen molar-refractivity contribution in [1.82, 2.24) is 0 Å². The third-order valence-electron chi connectivity index (χ3n) is 4.28. The molecule has 3 heteroatoms. The number of hydrogen-bond acceptors (Lipinski definition) is 2. The maximum atomic E-state index is 10.8. The molecule has 3 nitrogen and oxygen atoms in total. The summed E-state index contributed by atoms with van der Waals surface area (Å²) in [5.74, 6) is 0. The molecule has 0 bridgehead atoms. The molecule has 22 heavy (non-hydrogen) atoms. The lowest BCUT2D eigenvalue weighted by molar-refractivity contribution is 0.0422. The Morgan fingerprint density at radius 3 is 1.45 bits per heavy atom. The number of hydrogen-bond donors (Lipinski definition) is 1. The average Bonchev–Trinajstić information content (AvgIpc) is 2.48. The number of carbonyl (C=O) groups is 1. The molecule has 132 valence electrons. The molecule has 0 heterocycles. The fourth-order valence-corrected chi connectivity index (χ4v) is 2.89. The van der Waals surface area contributed by atoms with E-state index in [1.165, 1.54) is 70.6 Å². The first-order valence-corrected chi connectivity index (χ1v) is 9.60. The molecule has 0 aliphatic carbocycles. The topological polar surface area (TPSA) is 46.5 Å². The van der Waals surface area contributed by atoms with Gasteiger partial charge < -0.3 is 9.84 Å². The summed E-state index contributed by atoms with van der Waals surface area (Å²) in [6.07, 6.45) is 16.9. The summed E-state index contributed by atoms with van der Waals surface area (Å²) >= 11 is 0. The van der Waals surface area contributed by atoms with Crippen molar-refractivity contribution >= 4 is 6.16 Å². The Morgan fingerprint density at radius 2 is 1.09 bits per heavy atom. The first-order chi connectivity index (χ1) is 10.7. The summed E-state index contributed by atoms with van der Waals surface area (Å²) in [7, 11) is 0. The van der Waals surface area contributed by atoms with E-state index >= 15 is 0 Å². The Morgan fingerprint density at radius 1 is 0.727 bits per heavy atom. The van der Waals surface area contributed by atoms with Gasteiger partial charge in [0, 0.05) is 0 Å². The fraction of sp³-hybridized carbons (Fsp3) is 0.947. The van der Waals surface area contributed by atoms with Gasteiger partial charge in [-0.2, -0.15) is 0 Å². The van der Waals surface area contributed by atoms with E-state index in [1.807, 2.05) is 0 Å². The Bertz CT molecular complexity index is 241. The van der Waals surface area contributed by atoms with Crippen LogP contribution >= 0.6 is 0 Å². The largest absolute Gasteiger partial charge is 0.506 e. The zero-order chi connectivity index (χ0) is 16.5. The third kappa shape index (κ3) is 15.7. The first-order valence-electron chi connectivity index (χ1n) is 9.60. The second kappa shape index (κ2) is 16.6. The number of unbranched alkanes of at least 4 members (excludes halogenated alkanes) is 11. The van der Waals surface area contributed by atoms with Gasteiger partial charge in [0.1, 0.15) is 6.10 Å². The molecule has 0 amide bonds. The molecule has 0 radical (unpaired) electrons. The summed E-state index contributed by atoms with van der Waals surface area (Å²) in [6, 6.07) is 0. The highest BCUT2D eigenvalue weighted by atomic mass is 16.7. The summed E-state index contributed by atoms with van der Waals surface area (Å²) in [6.45, 7) is 4.45. The normalized spacial score (nSPS) is 12.3. The summed E-state index contributed by atoms with van der Waals surface area (Å²) in [5, 5.41) is 8.83. The van der Waals surface area contributed by atoms with Crippen LogP contribution in [0.15, 0.2) is 0 Å². The minimum Gasteiger partial charge on any atom is -0.450 e. The predicted molar refractivity (Wildman–Crippen MR) is 93.5 cm³/mol. The molecular weight excluding hydrogens is 276 g/mol. The average molecular weight is 315 g/mol. The van der Waals surface area contributed by atoms with E-state index in [0.29, 0.717) is 0 Å². The highest BCUT2D eigenvalue weighted by Crippen LogP contribution is 2.17. The zero-order valence-electron chi connectivity index (χ0n) is 14.9. The van der Waals surface area contributed by atoms with E-state index in [9.17, 15) is 4.79 Å². The van der Waals surface area contributed by atoms with Crippen molar-refractivity contribution in [2.45, 2.75) is 116 Å². The molecule has 0 aliphatic rings. The maximum Gasteiger partial charge on any atom is 0.506 e. The van der Waals surface area contributed by atoms with Crippen LogP contribution in [0.2, 0.25) is 0 Å². The minimum atomic E-state index is -1.11. The Labute approximate surface area is 137 Å². The number of ether oxygens (including phenoxy) is 1. The fourth-order valence-electron chi connectivity index (χ4n) is 2.89. The zero-order valence-corrected chi connectivity index (χ0v) is 14.9. The molecule has 0 saturated carbocycles. The van der Waals surface area contributed by atoms with Crippen LogP contribution in [0.5, 0.6) is 0 Å². The van der Waals surface area contributed by atoms with Gasteiger partial charge in [0.25, 0.3) is 0 Å². The van der Waals surface area contributed by atoms with Gasteiger partial charge in [-0.1, -0.05) is 84.5 Å². The van der Waals surface area contributed by atoms with Crippen LogP contribution in [0.1, 0.15) is 110 Å². The number of carboxylic acid groups (broad SMARTS) is 1. The lowest BCUT2D eigenvalue weighted by atomic mass is 10.0. The van der Waals surface area contributed by atoms with Gasteiger partial charge in [-0.15, -0.1) is 0 Å². The van der Waals surface area contributed by atoms with Gasteiger partial charge in [0.15, 0.2) is 0 Å². The molecular formula is C19H38O3. The standard InChI is InChI=1S/C19H38O3/c1-3-5-7-9-10-11-13-15-17-18(22-19(20)21)16-14-12-8-6-4-2/h18H,3-17H2,1-2H3,(H,20,21). The maximum absolute atomic E-state index is 10.8. The molecule has 0 aliphatic heterocycles. The van der Waals surface area contributed by atoms with E-state index in [-0.39, 0.29) is 6.10 Å². The monoisotopic (exact) mass is 314 g/mol. The van der Waals surface area contributed by atoms with Crippen LogP contribution in [-0.2, 0) is 4.74 Å². The first kappa shape index (κ1) is 21.3. The smallest absolute Gasteiger partial charge is 0.450 e. The van der Waals surface area contributed by atoms with Gasteiger partial charge in [0.2, 0.25) is 0 Å². The van der Waals surface area contributed by atoms with Crippen molar-refractivity contribution < 1.29 is 14.6 Å². The molecule has 0 aromatic carbocycles. The van der Waals surface area contributed by atoms with E-state index in [4.69, 9.17) is 9.84 Å². The van der Waals surface area contributed by atoms with Crippen molar-refractivity contribution in [3.8, 4) is 0 Å². The van der Waals surface area contributed by atoms with Crippen LogP contribution < -0.4 is 0 Å². The Balaban J connectivity index is 3.60. The van der Waals surface area contributed by atoms with E-state index in [2.05, 4.69) is 13.8 Å². The lowest BCUT2D eigenvalue weighted by Gasteiger charge is -2.15. The summed E-state index contributed by atoms with van der Waals surface area (Å²) in [4.78, 5) is 10.8. The van der Waals surface area contributed by atoms with Crippen LogP contribution in [0.3, 0.4) is 0 Å². The quantitative estimate of drug-likeness (QED) is 0.248. The molecule has 1 atom stereocenters. The third-order valence-corrected chi connectivity index (χ3v) is 4.28. The van der Waals surface area contributed by atoms with Gasteiger partial charge in [-0.05, 0) is 25.7 Å². The molecule has 1 unspecified atom stereocenters. The van der Waals surface area contributed by atoms with Gasteiger partial charge in [-0.3, -0.25) is 0 Å². The van der Waals surface area contributed by atoms with Crippen molar-refractivity contribution in [1.29, 1.82) is 0 Å². The minimum absolute atomic E-state index is 0.0841. The van der Waals surface area contributed by atoms with E-state index in [1.54, 1.807) is 0 Å². The molecule has 1 N–H and O–H groups in total. The van der Waals surface area contributed by atoms with Crippen molar-refractivity contribution in [3.05, 3.63) is 0 Å². The van der Waals surface area contributed by atoms with Gasteiger partial charge in [0.05, 0.1) is 0 Å². The molecule has 0 fully saturated rings.